The molecule has 0 aromatic carbocycles. The van der Waals surface area contributed by atoms with E-state index in [0.29, 0.717) is 38.9 Å². The van der Waals surface area contributed by atoms with E-state index in [9.17, 15) is 9.59 Å². The average molecular weight is 717 g/mol. The normalized spacial score (nSPS) is 12.1. The van der Waals surface area contributed by atoms with E-state index in [4.69, 9.17) is 10.5 Å². The number of nitrogens with zero attached hydrogens (tertiary/aromatic N) is 2. The van der Waals surface area contributed by atoms with Gasteiger partial charge < -0.3 is 20.4 Å². The maximum absolute atomic E-state index is 13.2. The summed E-state index contributed by atoms with van der Waals surface area (Å²) in [6.45, 7) is 7.21. The second kappa shape index (κ2) is 36.6. The number of carbonyl (C=O) groups excluding carboxylic acids is 2. The highest BCUT2D eigenvalue weighted by Gasteiger charge is 2.15. The van der Waals surface area contributed by atoms with Gasteiger partial charge in [0.15, 0.2) is 0 Å². The van der Waals surface area contributed by atoms with Crippen molar-refractivity contribution >= 4 is 11.7 Å². The number of H-pyrrole nitrogens is 1. The van der Waals surface area contributed by atoms with Crippen molar-refractivity contribution in [3.63, 3.8) is 0 Å². The second-order valence-corrected chi connectivity index (χ2v) is 15.4. The predicted octanol–water partition coefficient (Wildman–Crippen LogP) is 11.8. The first kappa shape index (κ1) is 47.3. The molecule has 7 heteroatoms. The maximum Gasteiger partial charge on any atom is 0.224 e. The summed E-state index contributed by atoms with van der Waals surface area (Å²) in [6.07, 6.45) is 43.0. The first-order valence-corrected chi connectivity index (χ1v) is 22.2. The molecule has 51 heavy (non-hydrogen) atoms. The monoisotopic (exact) mass is 717 g/mol. The zero-order chi connectivity index (χ0) is 36.9. The highest BCUT2D eigenvalue weighted by atomic mass is 16.5. The summed E-state index contributed by atoms with van der Waals surface area (Å²) in [5, 5.41) is 0. The molecule has 0 bridgehead atoms. The lowest BCUT2D eigenvalue weighted by atomic mass is 10.0. The van der Waals surface area contributed by atoms with Crippen LogP contribution in [0, 0.1) is 0 Å². The number of unbranched alkanes of at least 4 members (excludes halogenated alkanes) is 26. The third kappa shape index (κ3) is 30.4. The van der Waals surface area contributed by atoms with Crippen LogP contribution >= 0.6 is 0 Å². The molecular formula is C44H84N4O3. The number of nitrogens with one attached hydrogen (secondary N) is 1. The molecular weight excluding hydrogens is 633 g/mol. The minimum Gasteiger partial charge on any atom is -0.381 e. The van der Waals surface area contributed by atoms with Crippen LogP contribution < -0.4 is 5.73 Å². The molecule has 1 atom stereocenters. The molecule has 0 radical (unpaired) electrons. The van der Waals surface area contributed by atoms with Crippen LogP contribution in [0.3, 0.4) is 0 Å². The fourth-order valence-corrected chi connectivity index (χ4v) is 7.06. The van der Waals surface area contributed by atoms with Crippen LogP contribution in [0.15, 0.2) is 12.5 Å². The van der Waals surface area contributed by atoms with Gasteiger partial charge in [0, 0.05) is 44.4 Å². The largest absolute Gasteiger partial charge is 0.381 e. The van der Waals surface area contributed by atoms with Gasteiger partial charge in [-0.2, -0.15) is 0 Å². The standard InChI is InChI=1S/C44H84N4O3/c1-3-5-7-9-11-13-15-17-19-21-23-25-27-29-34-48(35-30-28-26-24-22-20-18-16-14-12-10-8-6-4-2)44(50)33-37-51-36-31-32-43(49)42(45)38-41-39-46-40-47-41/h39-40,42H,3-38,45H2,1-2H3,(H,46,47). The zero-order valence-corrected chi connectivity index (χ0v) is 33.9. The summed E-state index contributed by atoms with van der Waals surface area (Å²) in [5.41, 5.74) is 6.93. The van der Waals surface area contributed by atoms with Gasteiger partial charge >= 0.3 is 0 Å². The summed E-state index contributed by atoms with van der Waals surface area (Å²) in [4.78, 5) is 34.7. The quantitative estimate of drug-likeness (QED) is 0.0658. The molecule has 3 N–H and O–H groups in total. The molecule has 0 saturated heterocycles. The molecule has 1 aromatic heterocycles. The number of rotatable bonds is 40. The van der Waals surface area contributed by atoms with Crippen molar-refractivity contribution in [2.75, 3.05) is 26.3 Å². The first-order chi connectivity index (χ1) is 25.1. The number of hydrogen-bond donors (Lipinski definition) is 2. The number of carbonyl (C=O) groups is 2. The molecule has 7 nitrogen and oxygen atoms in total. The molecule has 1 heterocycles. The summed E-state index contributed by atoms with van der Waals surface area (Å²) < 4.78 is 5.79. The van der Waals surface area contributed by atoms with Crippen molar-refractivity contribution in [2.45, 2.75) is 225 Å². The molecule has 298 valence electrons. The molecule has 0 fully saturated rings. The van der Waals surface area contributed by atoms with Crippen LogP contribution in [0.5, 0.6) is 0 Å². The zero-order valence-electron chi connectivity index (χ0n) is 33.9. The Bertz CT molecular complexity index is 846. The number of ether oxygens (including phenoxy) is 1. The van der Waals surface area contributed by atoms with E-state index < -0.39 is 6.04 Å². The lowest BCUT2D eigenvalue weighted by Gasteiger charge is -2.23. The summed E-state index contributed by atoms with van der Waals surface area (Å²) >= 11 is 0. The Kier molecular flexibility index (Phi) is 34.0. The topological polar surface area (TPSA) is 101 Å². The van der Waals surface area contributed by atoms with E-state index in [1.54, 1.807) is 12.5 Å². The molecule has 0 aliphatic heterocycles. The van der Waals surface area contributed by atoms with E-state index in [1.807, 2.05) is 0 Å². The fraction of sp³-hybridized carbons (Fsp3) is 0.886. The van der Waals surface area contributed by atoms with Crippen molar-refractivity contribution in [1.29, 1.82) is 0 Å². The van der Waals surface area contributed by atoms with Crippen LogP contribution in [-0.2, 0) is 20.7 Å². The maximum atomic E-state index is 13.2. The number of imidazole rings is 1. The number of aromatic nitrogens is 2. The first-order valence-electron chi connectivity index (χ1n) is 22.2. The molecule has 1 unspecified atom stereocenters. The summed E-state index contributed by atoms with van der Waals surface area (Å²) in [6, 6.07) is -0.523. The van der Waals surface area contributed by atoms with Crippen LogP contribution in [0.2, 0.25) is 0 Å². The van der Waals surface area contributed by atoms with E-state index in [-0.39, 0.29) is 11.7 Å². The van der Waals surface area contributed by atoms with Crippen LogP contribution in [0.1, 0.15) is 219 Å². The highest BCUT2D eigenvalue weighted by molar-refractivity contribution is 5.83. The number of ketones is 1. The fourth-order valence-electron chi connectivity index (χ4n) is 7.06. The molecule has 0 spiro atoms. The van der Waals surface area contributed by atoms with Crippen molar-refractivity contribution in [3.05, 3.63) is 18.2 Å². The van der Waals surface area contributed by atoms with E-state index in [2.05, 4.69) is 28.7 Å². The van der Waals surface area contributed by atoms with Crippen molar-refractivity contribution in [2.24, 2.45) is 5.73 Å². The minimum absolute atomic E-state index is 0.0387. The number of nitrogens with two attached hydrogens (primary N) is 1. The van der Waals surface area contributed by atoms with Crippen LogP contribution in [0.4, 0.5) is 0 Å². The Hall–Kier alpha value is -1.73. The van der Waals surface area contributed by atoms with E-state index in [0.717, 1.165) is 31.6 Å². The van der Waals surface area contributed by atoms with Gasteiger partial charge in [0.25, 0.3) is 0 Å². The third-order valence-corrected chi connectivity index (χ3v) is 10.5. The Morgan fingerprint density at radius 2 is 1.02 bits per heavy atom. The van der Waals surface area contributed by atoms with Gasteiger partial charge in [0.1, 0.15) is 5.78 Å². The van der Waals surface area contributed by atoms with Gasteiger partial charge in [-0.1, -0.05) is 181 Å². The Morgan fingerprint density at radius 1 is 0.608 bits per heavy atom. The Labute approximate surface area is 315 Å². The number of amides is 1. The van der Waals surface area contributed by atoms with Crippen molar-refractivity contribution < 1.29 is 14.3 Å². The minimum atomic E-state index is -0.523. The summed E-state index contributed by atoms with van der Waals surface area (Å²) in [5.74, 6) is 0.258. The molecule has 1 rings (SSSR count). The van der Waals surface area contributed by atoms with Crippen LogP contribution in [-0.4, -0.2) is 58.9 Å². The van der Waals surface area contributed by atoms with Crippen molar-refractivity contribution in [1.82, 2.24) is 14.9 Å². The smallest absolute Gasteiger partial charge is 0.224 e. The molecule has 1 aromatic rings. The van der Waals surface area contributed by atoms with Gasteiger partial charge in [-0.3, -0.25) is 9.59 Å². The highest BCUT2D eigenvalue weighted by Crippen LogP contribution is 2.15. The molecule has 0 saturated carbocycles. The Morgan fingerprint density at radius 3 is 1.41 bits per heavy atom. The second-order valence-electron chi connectivity index (χ2n) is 15.4. The average Bonchev–Trinajstić information content (AvgIpc) is 3.65. The number of aromatic amines is 1. The Balaban J connectivity index is 2.22. The summed E-state index contributed by atoms with van der Waals surface area (Å²) in [7, 11) is 0. The van der Waals surface area contributed by atoms with Crippen molar-refractivity contribution in [3.8, 4) is 0 Å². The van der Waals surface area contributed by atoms with Gasteiger partial charge in [0.05, 0.1) is 25.4 Å². The van der Waals surface area contributed by atoms with Gasteiger partial charge in [-0.15, -0.1) is 0 Å². The van der Waals surface area contributed by atoms with Gasteiger partial charge in [0.2, 0.25) is 5.91 Å². The number of hydrogen-bond acceptors (Lipinski definition) is 5. The van der Waals surface area contributed by atoms with Crippen LogP contribution in [0.25, 0.3) is 0 Å². The third-order valence-electron chi connectivity index (χ3n) is 10.5. The lowest BCUT2D eigenvalue weighted by molar-refractivity contribution is -0.132. The SMILES string of the molecule is CCCCCCCCCCCCCCCCN(CCCCCCCCCCCCCCCC)C(=O)CCOCCCC(=O)C(N)Cc1cnc[nH]1. The predicted molar refractivity (Wildman–Crippen MR) is 217 cm³/mol. The molecule has 0 aliphatic rings. The van der Waals surface area contributed by atoms with E-state index in [1.165, 1.54) is 167 Å². The number of Topliss-reactive ketones (excluding diaryl/α,β-unsaturated/α-hetero) is 1. The van der Waals surface area contributed by atoms with E-state index >= 15 is 0 Å². The van der Waals surface area contributed by atoms with Gasteiger partial charge in [-0.05, 0) is 19.3 Å². The lowest BCUT2D eigenvalue weighted by Crippen LogP contribution is -2.34. The molecule has 1 amide bonds. The molecule has 0 aliphatic carbocycles. The van der Waals surface area contributed by atoms with Gasteiger partial charge in [-0.25, -0.2) is 4.98 Å².